The summed E-state index contributed by atoms with van der Waals surface area (Å²) in [7, 11) is 0. The average molecular weight is 405 g/mol. The summed E-state index contributed by atoms with van der Waals surface area (Å²) in [5.41, 5.74) is 1.47. The third-order valence-electron chi connectivity index (χ3n) is 5.03. The fourth-order valence-electron chi connectivity index (χ4n) is 3.67. The van der Waals surface area contributed by atoms with Crippen LogP contribution in [0.15, 0.2) is 29.1 Å². The summed E-state index contributed by atoms with van der Waals surface area (Å²) in [6.07, 6.45) is 0.384. The molecule has 148 valence electrons. The molecule has 8 nitrogen and oxygen atoms in total. The van der Waals surface area contributed by atoms with E-state index in [4.69, 9.17) is 16.3 Å². The second kappa shape index (κ2) is 7.90. The van der Waals surface area contributed by atoms with E-state index in [0.717, 1.165) is 11.3 Å². The highest BCUT2D eigenvalue weighted by Crippen LogP contribution is 2.33. The summed E-state index contributed by atoms with van der Waals surface area (Å²) in [5.74, 6) is 0.657. The number of carbonyl (C=O) groups is 1. The van der Waals surface area contributed by atoms with Crippen molar-refractivity contribution in [1.29, 1.82) is 0 Å². The number of nitrogens with zero attached hydrogens (tertiary/aromatic N) is 3. The maximum atomic E-state index is 12.8. The molecule has 28 heavy (non-hydrogen) atoms. The number of amides is 1. The second-order valence-electron chi connectivity index (χ2n) is 6.88. The van der Waals surface area contributed by atoms with Gasteiger partial charge in [-0.2, -0.15) is 0 Å². The van der Waals surface area contributed by atoms with Gasteiger partial charge >= 0.3 is 0 Å². The molecule has 1 atom stereocenters. The van der Waals surface area contributed by atoms with Crippen molar-refractivity contribution >= 4 is 29.0 Å². The predicted molar refractivity (Wildman–Crippen MR) is 105 cm³/mol. The van der Waals surface area contributed by atoms with Gasteiger partial charge in [0.05, 0.1) is 25.7 Å². The predicted octanol–water partition coefficient (Wildman–Crippen LogP) is 0.753. The lowest BCUT2D eigenvalue weighted by Gasteiger charge is -2.32. The van der Waals surface area contributed by atoms with Crippen molar-refractivity contribution in [2.75, 3.05) is 42.6 Å². The van der Waals surface area contributed by atoms with E-state index >= 15 is 0 Å². The lowest BCUT2D eigenvalue weighted by molar-refractivity contribution is -0.118. The van der Waals surface area contributed by atoms with Gasteiger partial charge in [-0.3, -0.25) is 9.59 Å². The molecule has 0 saturated carbocycles. The monoisotopic (exact) mass is 404 g/mol. The quantitative estimate of drug-likeness (QED) is 0.780. The number of rotatable bonds is 4. The fraction of sp³-hybridized carbons (Fsp3) is 0.421. The van der Waals surface area contributed by atoms with Gasteiger partial charge in [0, 0.05) is 36.4 Å². The van der Waals surface area contributed by atoms with Crippen LogP contribution in [0.3, 0.4) is 0 Å². The molecule has 0 bridgehead atoms. The second-order valence-corrected chi connectivity index (χ2v) is 7.29. The zero-order valence-corrected chi connectivity index (χ0v) is 16.0. The van der Waals surface area contributed by atoms with Gasteiger partial charge in [0.2, 0.25) is 5.91 Å². The Hall–Kier alpha value is -2.42. The molecule has 2 aromatic rings. The molecule has 1 amide bonds. The van der Waals surface area contributed by atoms with E-state index in [9.17, 15) is 14.7 Å². The minimum Gasteiger partial charge on any atom is -0.394 e. The molecule has 1 fully saturated rings. The Balaban J connectivity index is 1.53. The molecule has 0 spiro atoms. The van der Waals surface area contributed by atoms with E-state index in [1.165, 1.54) is 6.07 Å². The maximum absolute atomic E-state index is 12.8. The van der Waals surface area contributed by atoms with Crippen LogP contribution in [0.5, 0.6) is 0 Å². The highest BCUT2D eigenvalue weighted by Gasteiger charge is 2.27. The van der Waals surface area contributed by atoms with E-state index in [1.807, 2.05) is 23.1 Å². The molecule has 2 N–H and O–H groups in total. The Labute approximate surface area is 166 Å². The summed E-state index contributed by atoms with van der Waals surface area (Å²) in [4.78, 5) is 35.6. The summed E-state index contributed by atoms with van der Waals surface area (Å²) in [6.45, 7) is 1.92. The minimum absolute atomic E-state index is 0.0111. The molecule has 2 aliphatic rings. The minimum atomic E-state index is -0.315. The number of aromatic amines is 1. The first-order valence-corrected chi connectivity index (χ1v) is 9.58. The lowest BCUT2D eigenvalue weighted by atomic mass is 10.2. The third kappa shape index (κ3) is 3.76. The molecular formula is C19H21ClN4O4. The van der Waals surface area contributed by atoms with E-state index in [0.29, 0.717) is 49.3 Å². The summed E-state index contributed by atoms with van der Waals surface area (Å²) in [5, 5.41) is 9.96. The van der Waals surface area contributed by atoms with Gasteiger partial charge in [0.1, 0.15) is 11.6 Å². The molecule has 2 aliphatic heterocycles. The van der Waals surface area contributed by atoms with Crippen molar-refractivity contribution in [2.24, 2.45) is 0 Å². The number of fused-ring (bicyclic) bond motifs is 1. The number of nitrogens with one attached hydrogen (secondary N) is 1. The van der Waals surface area contributed by atoms with Gasteiger partial charge in [0.25, 0.3) is 5.56 Å². The number of hydrogen-bond acceptors (Lipinski definition) is 6. The Morgan fingerprint density at radius 1 is 1.39 bits per heavy atom. The number of aliphatic hydroxyl groups is 1. The molecular weight excluding hydrogens is 384 g/mol. The number of H-pyrrole nitrogens is 1. The molecule has 1 aromatic heterocycles. The molecule has 0 aliphatic carbocycles. The van der Waals surface area contributed by atoms with Crippen LogP contribution in [-0.2, 0) is 22.4 Å². The number of hydrogen-bond donors (Lipinski definition) is 2. The standard InChI is InChI=1S/C19H21ClN4O4/c20-14-2-1-3-15-13(14)4-5-24(15)19(27)8-16-21-17(9-18(26)22-16)23-6-7-28-12(10-23)11-25/h1-3,9,12,25H,4-8,10-11H2,(H,21,22,26). The van der Waals surface area contributed by atoms with E-state index in [-0.39, 0.29) is 30.6 Å². The van der Waals surface area contributed by atoms with Gasteiger partial charge in [-0.25, -0.2) is 4.98 Å². The van der Waals surface area contributed by atoms with Crippen LogP contribution < -0.4 is 15.4 Å². The summed E-state index contributed by atoms with van der Waals surface area (Å²) < 4.78 is 5.44. The maximum Gasteiger partial charge on any atom is 0.252 e. The van der Waals surface area contributed by atoms with Crippen molar-refractivity contribution in [1.82, 2.24) is 9.97 Å². The van der Waals surface area contributed by atoms with Gasteiger partial charge in [-0.05, 0) is 24.1 Å². The van der Waals surface area contributed by atoms with Crippen molar-refractivity contribution < 1.29 is 14.6 Å². The Kier molecular flexibility index (Phi) is 5.34. The van der Waals surface area contributed by atoms with Crippen LogP contribution in [0.25, 0.3) is 0 Å². The van der Waals surface area contributed by atoms with Gasteiger partial charge in [-0.1, -0.05) is 17.7 Å². The Bertz CT molecular complexity index is 948. The number of ether oxygens (including phenoxy) is 1. The van der Waals surface area contributed by atoms with Crippen molar-refractivity contribution in [2.45, 2.75) is 18.9 Å². The molecule has 9 heteroatoms. The molecule has 1 unspecified atom stereocenters. The number of aliphatic hydroxyl groups excluding tert-OH is 1. The van der Waals surface area contributed by atoms with Gasteiger partial charge in [-0.15, -0.1) is 0 Å². The normalized spacial score (nSPS) is 19.0. The number of anilines is 2. The molecule has 0 radical (unpaired) electrons. The van der Waals surface area contributed by atoms with Crippen molar-refractivity contribution in [3.8, 4) is 0 Å². The number of halogens is 1. The Morgan fingerprint density at radius 2 is 2.25 bits per heavy atom. The first kappa shape index (κ1) is 18.9. The summed E-state index contributed by atoms with van der Waals surface area (Å²) >= 11 is 6.22. The first-order chi connectivity index (χ1) is 13.5. The van der Waals surface area contributed by atoms with Crippen LogP contribution in [0.1, 0.15) is 11.4 Å². The van der Waals surface area contributed by atoms with E-state index < -0.39 is 0 Å². The van der Waals surface area contributed by atoms with Crippen LogP contribution in [0.2, 0.25) is 5.02 Å². The van der Waals surface area contributed by atoms with Gasteiger partial charge < -0.3 is 24.6 Å². The molecule has 3 heterocycles. The van der Waals surface area contributed by atoms with Crippen LogP contribution in [0, 0.1) is 0 Å². The highest BCUT2D eigenvalue weighted by atomic mass is 35.5. The SMILES string of the molecule is O=C(Cc1nc(N2CCOC(CO)C2)cc(=O)[nH]1)N1CCc2c(Cl)cccc21. The zero-order chi connectivity index (χ0) is 19.7. The zero-order valence-electron chi connectivity index (χ0n) is 15.2. The van der Waals surface area contributed by atoms with Crippen LogP contribution in [-0.4, -0.2) is 59.9 Å². The molecule has 4 rings (SSSR count). The van der Waals surface area contributed by atoms with Crippen LogP contribution in [0.4, 0.5) is 11.5 Å². The number of carbonyl (C=O) groups excluding carboxylic acids is 1. The number of morpholine rings is 1. The smallest absolute Gasteiger partial charge is 0.252 e. The summed E-state index contributed by atoms with van der Waals surface area (Å²) in [6, 6.07) is 6.92. The Morgan fingerprint density at radius 3 is 3.07 bits per heavy atom. The number of aromatic nitrogens is 2. The third-order valence-corrected chi connectivity index (χ3v) is 5.39. The average Bonchev–Trinajstić information content (AvgIpc) is 3.13. The van der Waals surface area contributed by atoms with E-state index in [1.54, 1.807) is 4.90 Å². The lowest BCUT2D eigenvalue weighted by Crippen LogP contribution is -2.45. The highest BCUT2D eigenvalue weighted by molar-refractivity contribution is 6.32. The fourth-order valence-corrected chi connectivity index (χ4v) is 3.93. The van der Waals surface area contributed by atoms with Crippen molar-refractivity contribution in [3.63, 3.8) is 0 Å². The first-order valence-electron chi connectivity index (χ1n) is 9.20. The molecule has 1 saturated heterocycles. The topological polar surface area (TPSA) is 98.8 Å². The van der Waals surface area contributed by atoms with Crippen LogP contribution >= 0.6 is 11.6 Å². The van der Waals surface area contributed by atoms with Gasteiger partial charge in [0.15, 0.2) is 0 Å². The van der Waals surface area contributed by atoms with E-state index in [2.05, 4.69) is 9.97 Å². The van der Waals surface area contributed by atoms with Crippen molar-refractivity contribution in [3.05, 3.63) is 51.0 Å². The molecule has 1 aromatic carbocycles. The number of benzene rings is 1. The largest absolute Gasteiger partial charge is 0.394 e.